The largest absolute Gasteiger partial charge is 0.393 e. The molecular formula is C9H17NO2. The molecule has 0 radical (unpaired) electrons. The van der Waals surface area contributed by atoms with Gasteiger partial charge in [-0.05, 0) is 38.0 Å². The van der Waals surface area contributed by atoms with Gasteiger partial charge >= 0.3 is 0 Å². The van der Waals surface area contributed by atoms with E-state index in [2.05, 4.69) is 0 Å². The van der Waals surface area contributed by atoms with Crippen molar-refractivity contribution in [3.63, 3.8) is 0 Å². The van der Waals surface area contributed by atoms with Gasteiger partial charge in [-0.1, -0.05) is 0 Å². The Hall–Kier alpha value is -0.570. The molecule has 1 fully saturated rings. The van der Waals surface area contributed by atoms with Crippen LogP contribution < -0.4 is 5.73 Å². The summed E-state index contributed by atoms with van der Waals surface area (Å²) in [7, 11) is 0. The van der Waals surface area contributed by atoms with E-state index in [1.165, 1.54) is 0 Å². The van der Waals surface area contributed by atoms with Gasteiger partial charge in [0.2, 0.25) is 5.91 Å². The van der Waals surface area contributed by atoms with Gasteiger partial charge < -0.3 is 10.8 Å². The van der Waals surface area contributed by atoms with Gasteiger partial charge in [-0.25, -0.2) is 0 Å². The first-order chi connectivity index (χ1) is 5.68. The maximum Gasteiger partial charge on any atom is 0.217 e. The molecule has 70 valence electrons. The zero-order valence-corrected chi connectivity index (χ0v) is 7.33. The Morgan fingerprint density at radius 3 is 2.42 bits per heavy atom. The van der Waals surface area contributed by atoms with Crippen LogP contribution in [-0.4, -0.2) is 17.1 Å². The van der Waals surface area contributed by atoms with Crippen LogP contribution in [0.25, 0.3) is 0 Å². The number of amides is 1. The summed E-state index contributed by atoms with van der Waals surface area (Å²) in [6.07, 6.45) is 5.19. The molecular weight excluding hydrogens is 154 g/mol. The fraction of sp³-hybridized carbons (Fsp3) is 0.889. The van der Waals surface area contributed by atoms with Crippen LogP contribution in [0.1, 0.15) is 38.5 Å². The van der Waals surface area contributed by atoms with E-state index >= 15 is 0 Å². The fourth-order valence-corrected chi connectivity index (χ4v) is 1.78. The molecule has 0 aromatic heterocycles. The SMILES string of the molecule is NC(=O)CC[C@H]1CC[C@H](O)CC1. The summed E-state index contributed by atoms with van der Waals surface area (Å²) in [6, 6.07) is 0. The molecule has 1 saturated carbocycles. The topological polar surface area (TPSA) is 63.3 Å². The molecule has 1 rings (SSSR count). The molecule has 0 aromatic rings. The number of hydrogen-bond donors (Lipinski definition) is 2. The first-order valence-electron chi connectivity index (χ1n) is 4.65. The molecule has 0 atom stereocenters. The number of hydrogen-bond acceptors (Lipinski definition) is 2. The zero-order valence-electron chi connectivity index (χ0n) is 7.33. The minimum Gasteiger partial charge on any atom is -0.393 e. The first-order valence-corrected chi connectivity index (χ1v) is 4.65. The number of nitrogens with two attached hydrogens (primary N) is 1. The van der Waals surface area contributed by atoms with E-state index in [1.807, 2.05) is 0 Å². The van der Waals surface area contributed by atoms with Crippen molar-refractivity contribution in [2.45, 2.75) is 44.6 Å². The predicted molar refractivity (Wildman–Crippen MR) is 46.4 cm³/mol. The van der Waals surface area contributed by atoms with E-state index < -0.39 is 0 Å². The van der Waals surface area contributed by atoms with Gasteiger partial charge in [-0.2, -0.15) is 0 Å². The Morgan fingerprint density at radius 2 is 1.92 bits per heavy atom. The van der Waals surface area contributed by atoms with E-state index in [0.29, 0.717) is 12.3 Å². The van der Waals surface area contributed by atoms with Crippen LogP contribution in [0.2, 0.25) is 0 Å². The van der Waals surface area contributed by atoms with Gasteiger partial charge in [0.25, 0.3) is 0 Å². The first kappa shape index (κ1) is 9.52. The highest BCUT2D eigenvalue weighted by Crippen LogP contribution is 2.27. The van der Waals surface area contributed by atoms with Crippen LogP contribution in [0.15, 0.2) is 0 Å². The molecule has 0 spiro atoms. The number of aliphatic hydroxyl groups is 1. The summed E-state index contributed by atoms with van der Waals surface area (Å²) in [5.41, 5.74) is 5.05. The quantitative estimate of drug-likeness (QED) is 0.659. The second-order valence-electron chi connectivity index (χ2n) is 3.68. The molecule has 0 aromatic carbocycles. The smallest absolute Gasteiger partial charge is 0.217 e. The Balaban J connectivity index is 2.13. The number of rotatable bonds is 3. The highest BCUT2D eigenvalue weighted by molar-refractivity contribution is 5.73. The summed E-state index contributed by atoms with van der Waals surface area (Å²) < 4.78 is 0. The van der Waals surface area contributed by atoms with E-state index in [9.17, 15) is 9.90 Å². The highest BCUT2D eigenvalue weighted by atomic mass is 16.3. The van der Waals surface area contributed by atoms with Crippen LogP contribution in [-0.2, 0) is 4.79 Å². The summed E-state index contributed by atoms with van der Waals surface area (Å²) in [4.78, 5) is 10.5. The highest BCUT2D eigenvalue weighted by Gasteiger charge is 2.19. The maximum atomic E-state index is 10.5. The molecule has 1 aliphatic rings. The van der Waals surface area contributed by atoms with Gasteiger partial charge in [-0.3, -0.25) is 4.79 Å². The number of primary amides is 1. The molecule has 0 unspecified atom stereocenters. The van der Waals surface area contributed by atoms with Crippen molar-refractivity contribution in [2.75, 3.05) is 0 Å². The number of carbonyl (C=O) groups is 1. The fourth-order valence-electron chi connectivity index (χ4n) is 1.78. The molecule has 3 N–H and O–H groups in total. The van der Waals surface area contributed by atoms with Crippen molar-refractivity contribution in [2.24, 2.45) is 11.7 Å². The molecule has 0 heterocycles. The average molecular weight is 171 g/mol. The lowest BCUT2D eigenvalue weighted by molar-refractivity contribution is -0.118. The van der Waals surface area contributed by atoms with Gasteiger partial charge in [0, 0.05) is 6.42 Å². The molecule has 0 aliphatic heterocycles. The summed E-state index contributed by atoms with van der Waals surface area (Å²) in [5, 5.41) is 9.21. The van der Waals surface area contributed by atoms with Gasteiger partial charge in [0.1, 0.15) is 0 Å². The van der Waals surface area contributed by atoms with E-state index in [4.69, 9.17) is 5.73 Å². The zero-order chi connectivity index (χ0) is 8.97. The Morgan fingerprint density at radius 1 is 1.33 bits per heavy atom. The van der Waals surface area contributed by atoms with Gasteiger partial charge in [0.05, 0.1) is 6.10 Å². The molecule has 1 amide bonds. The molecule has 12 heavy (non-hydrogen) atoms. The third-order valence-corrected chi connectivity index (χ3v) is 2.62. The monoisotopic (exact) mass is 171 g/mol. The van der Waals surface area contributed by atoms with Crippen molar-refractivity contribution in [1.29, 1.82) is 0 Å². The Bertz CT molecular complexity index is 151. The lowest BCUT2D eigenvalue weighted by Gasteiger charge is -2.24. The lowest BCUT2D eigenvalue weighted by atomic mass is 9.84. The molecule has 0 saturated heterocycles. The average Bonchev–Trinajstić information content (AvgIpc) is 2.03. The summed E-state index contributed by atoms with van der Waals surface area (Å²) in [6.45, 7) is 0. The van der Waals surface area contributed by atoms with Crippen LogP contribution in [0, 0.1) is 5.92 Å². The second-order valence-corrected chi connectivity index (χ2v) is 3.68. The van der Waals surface area contributed by atoms with Crippen molar-refractivity contribution >= 4 is 5.91 Å². The Kier molecular flexibility index (Phi) is 3.53. The Labute approximate surface area is 72.9 Å². The number of carbonyl (C=O) groups excluding carboxylic acids is 1. The maximum absolute atomic E-state index is 10.5. The van der Waals surface area contributed by atoms with Crippen molar-refractivity contribution in [3.8, 4) is 0 Å². The molecule has 3 heteroatoms. The lowest BCUT2D eigenvalue weighted by Crippen LogP contribution is -2.20. The molecule has 0 bridgehead atoms. The van der Waals surface area contributed by atoms with Crippen molar-refractivity contribution < 1.29 is 9.90 Å². The van der Waals surface area contributed by atoms with Crippen LogP contribution in [0.3, 0.4) is 0 Å². The van der Waals surface area contributed by atoms with Crippen molar-refractivity contribution in [1.82, 2.24) is 0 Å². The minimum absolute atomic E-state index is 0.102. The second kappa shape index (κ2) is 4.45. The summed E-state index contributed by atoms with van der Waals surface area (Å²) >= 11 is 0. The van der Waals surface area contributed by atoms with Crippen molar-refractivity contribution in [3.05, 3.63) is 0 Å². The van der Waals surface area contributed by atoms with Gasteiger partial charge in [-0.15, -0.1) is 0 Å². The van der Waals surface area contributed by atoms with Crippen LogP contribution >= 0.6 is 0 Å². The predicted octanol–water partition coefficient (Wildman–Crippen LogP) is 0.803. The third kappa shape index (κ3) is 3.22. The molecule has 1 aliphatic carbocycles. The standard InChI is InChI=1S/C9H17NO2/c10-9(12)6-3-7-1-4-8(11)5-2-7/h7-8,11H,1-6H2,(H2,10,12)/t7-,8-. The molecule has 3 nitrogen and oxygen atoms in total. The van der Waals surface area contributed by atoms with E-state index in [-0.39, 0.29) is 12.0 Å². The summed E-state index contributed by atoms with van der Waals surface area (Å²) in [5.74, 6) is 0.405. The third-order valence-electron chi connectivity index (χ3n) is 2.62. The van der Waals surface area contributed by atoms with Crippen LogP contribution in [0.5, 0.6) is 0 Å². The van der Waals surface area contributed by atoms with Gasteiger partial charge in [0.15, 0.2) is 0 Å². The minimum atomic E-state index is -0.207. The van der Waals surface area contributed by atoms with Crippen LogP contribution in [0.4, 0.5) is 0 Å². The van der Waals surface area contributed by atoms with E-state index in [0.717, 1.165) is 32.1 Å². The number of aliphatic hydroxyl groups excluding tert-OH is 1. The van der Waals surface area contributed by atoms with E-state index in [1.54, 1.807) is 0 Å². The normalized spacial score (nSPS) is 30.1.